The van der Waals surface area contributed by atoms with Crippen LogP contribution in [0.5, 0.6) is 0 Å². The molecular formula is C26H33N7O2S. The summed E-state index contributed by atoms with van der Waals surface area (Å²) in [4.78, 5) is 33.4. The number of nitrogens with one attached hydrogen (secondary N) is 1. The van der Waals surface area contributed by atoms with Gasteiger partial charge in [0.25, 0.3) is 0 Å². The van der Waals surface area contributed by atoms with Gasteiger partial charge in [-0.05, 0) is 43.5 Å². The molecule has 6 rings (SSSR count). The van der Waals surface area contributed by atoms with Gasteiger partial charge in [0, 0.05) is 37.6 Å². The van der Waals surface area contributed by atoms with E-state index in [1.54, 1.807) is 11.3 Å². The number of nitrogens with zero attached hydrogens (tertiary/aromatic N) is 6. The molecule has 10 heteroatoms. The first kappa shape index (κ1) is 23.6. The molecule has 1 saturated carbocycles. The van der Waals surface area contributed by atoms with Crippen molar-refractivity contribution in [3.63, 3.8) is 0 Å². The second-order valence-corrected chi connectivity index (χ2v) is 11.1. The van der Waals surface area contributed by atoms with Crippen molar-refractivity contribution in [2.75, 3.05) is 63.1 Å². The van der Waals surface area contributed by atoms with Crippen LogP contribution in [0.2, 0.25) is 0 Å². The Hall–Kier alpha value is -2.82. The van der Waals surface area contributed by atoms with Crippen LogP contribution < -0.4 is 10.2 Å². The number of hydrogen-bond acceptors (Lipinski definition) is 9. The maximum Gasteiger partial charge on any atom is 0.228 e. The molecule has 3 aliphatic rings. The van der Waals surface area contributed by atoms with E-state index in [-0.39, 0.29) is 6.10 Å². The number of amides is 1. The lowest BCUT2D eigenvalue weighted by atomic mass is 9.95. The number of piperazine rings is 1. The molecule has 0 bridgehead atoms. The first-order chi connectivity index (χ1) is 17.7. The fourth-order valence-corrected chi connectivity index (χ4v) is 6.83. The smallest absolute Gasteiger partial charge is 0.228 e. The van der Waals surface area contributed by atoms with Crippen LogP contribution in [0.4, 0.5) is 17.5 Å². The Kier molecular flexibility index (Phi) is 6.73. The number of likely N-dealkylation sites (N-methyl/N-ethyl adjacent to an activating group) is 1. The average Bonchev–Trinajstić information content (AvgIpc) is 3.57. The van der Waals surface area contributed by atoms with Crippen molar-refractivity contribution in [3.05, 3.63) is 35.0 Å². The predicted octanol–water partition coefficient (Wildman–Crippen LogP) is 3.77. The first-order valence-corrected chi connectivity index (χ1v) is 13.8. The minimum atomic E-state index is -0.0982. The number of hydrogen-bond donors (Lipinski definition) is 1. The summed E-state index contributed by atoms with van der Waals surface area (Å²) in [5, 5.41) is 3.31. The van der Waals surface area contributed by atoms with E-state index in [1.165, 1.54) is 36.1 Å². The van der Waals surface area contributed by atoms with Crippen molar-refractivity contribution in [3.8, 4) is 0 Å². The number of pyridine rings is 1. The summed E-state index contributed by atoms with van der Waals surface area (Å²) >= 11 is 1.72. The molecule has 0 aromatic carbocycles. The third-order valence-electron chi connectivity index (χ3n) is 7.65. The van der Waals surface area contributed by atoms with Crippen molar-refractivity contribution >= 4 is 45.4 Å². The third-order valence-corrected chi connectivity index (χ3v) is 8.88. The maximum atomic E-state index is 11.4. The molecule has 9 nitrogen and oxygen atoms in total. The van der Waals surface area contributed by atoms with Crippen LogP contribution in [0.15, 0.2) is 24.5 Å². The average molecular weight is 508 g/mol. The summed E-state index contributed by atoms with van der Waals surface area (Å²) in [5.74, 6) is 1.78. The molecule has 2 saturated heterocycles. The van der Waals surface area contributed by atoms with Gasteiger partial charge >= 0.3 is 0 Å². The molecule has 190 valence electrons. The SMILES string of the molecule is CN1CCN(c2ccc(Nc3ncc4sc(C5CN(C=O)CCO5)c(C5CCCC5)c4n3)nc2)CC1. The van der Waals surface area contributed by atoms with Crippen LogP contribution in [0, 0.1) is 0 Å². The summed E-state index contributed by atoms with van der Waals surface area (Å²) in [6.45, 7) is 5.99. The summed E-state index contributed by atoms with van der Waals surface area (Å²) in [5.41, 5.74) is 3.46. The molecule has 0 spiro atoms. The molecule has 1 amide bonds. The fraction of sp³-hybridized carbons (Fsp3) is 0.538. The molecule has 2 aliphatic heterocycles. The summed E-state index contributed by atoms with van der Waals surface area (Å²) in [7, 11) is 2.16. The van der Waals surface area contributed by atoms with Crippen LogP contribution in [-0.4, -0.2) is 84.1 Å². The second kappa shape index (κ2) is 10.3. The zero-order valence-corrected chi connectivity index (χ0v) is 21.5. The van der Waals surface area contributed by atoms with E-state index in [4.69, 9.17) is 9.72 Å². The minimum Gasteiger partial charge on any atom is -0.369 e. The van der Waals surface area contributed by atoms with Crippen LogP contribution in [0.3, 0.4) is 0 Å². The molecule has 1 aliphatic carbocycles. The number of anilines is 3. The van der Waals surface area contributed by atoms with E-state index in [0.717, 1.165) is 54.3 Å². The first-order valence-electron chi connectivity index (χ1n) is 12.9. The molecule has 3 aromatic rings. The molecule has 36 heavy (non-hydrogen) atoms. The van der Waals surface area contributed by atoms with E-state index in [2.05, 4.69) is 38.2 Å². The van der Waals surface area contributed by atoms with E-state index in [1.807, 2.05) is 23.4 Å². The van der Waals surface area contributed by atoms with E-state index >= 15 is 0 Å². The molecule has 3 fully saturated rings. The van der Waals surface area contributed by atoms with Gasteiger partial charge in [-0.15, -0.1) is 11.3 Å². The Labute approximate surface area is 215 Å². The van der Waals surface area contributed by atoms with Crippen molar-refractivity contribution in [1.29, 1.82) is 0 Å². The molecule has 1 atom stereocenters. The second-order valence-electron chi connectivity index (χ2n) is 10.0. The molecular weight excluding hydrogens is 474 g/mol. The normalized spacial score (nSPS) is 21.9. The van der Waals surface area contributed by atoms with Gasteiger partial charge in [-0.2, -0.15) is 0 Å². The maximum absolute atomic E-state index is 11.4. The zero-order chi connectivity index (χ0) is 24.5. The minimum absolute atomic E-state index is 0.0982. The van der Waals surface area contributed by atoms with Crippen LogP contribution in [0.25, 0.3) is 10.2 Å². The molecule has 1 unspecified atom stereocenters. The van der Waals surface area contributed by atoms with Crippen LogP contribution in [0.1, 0.15) is 48.1 Å². The number of carbonyl (C=O) groups excluding carboxylic acids is 1. The quantitative estimate of drug-likeness (QED) is 0.505. The Morgan fingerprint density at radius 1 is 1.08 bits per heavy atom. The van der Waals surface area contributed by atoms with Gasteiger partial charge in [-0.25, -0.2) is 15.0 Å². The van der Waals surface area contributed by atoms with Gasteiger partial charge in [0.15, 0.2) is 0 Å². The number of thiophene rings is 1. The lowest BCUT2D eigenvalue weighted by Crippen LogP contribution is -2.44. The lowest BCUT2D eigenvalue weighted by Gasteiger charge is -2.33. The van der Waals surface area contributed by atoms with Crippen LogP contribution in [-0.2, 0) is 9.53 Å². The highest BCUT2D eigenvalue weighted by Crippen LogP contribution is 2.46. The third kappa shape index (κ3) is 4.77. The molecule has 3 aromatic heterocycles. The van der Waals surface area contributed by atoms with Gasteiger partial charge in [0.05, 0.1) is 41.4 Å². The van der Waals surface area contributed by atoms with Crippen molar-refractivity contribution < 1.29 is 9.53 Å². The van der Waals surface area contributed by atoms with E-state index < -0.39 is 0 Å². The van der Waals surface area contributed by atoms with Gasteiger partial charge in [0.2, 0.25) is 12.4 Å². The topological polar surface area (TPSA) is 86.7 Å². The Bertz CT molecular complexity index is 1200. The summed E-state index contributed by atoms with van der Waals surface area (Å²) in [6.07, 6.45) is 9.51. The fourth-order valence-electron chi connectivity index (χ4n) is 5.59. The van der Waals surface area contributed by atoms with Gasteiger partial charge < -0.3 is 24.8 Å². The van der Waals surface area contributed by atoms with Gasteiger partial charge in [-0.3, -0.25) is 4.79 Å². The summed E-state index contributed by atoms with van der Waals surface area (Å²) in [6, 6.07) is 4.12. The van der Waals surface area contributed by atoms with E-state index in [9.17, 15) is 4.79 Å². The standard InChI is InChI=1S/C26H33N7O2S/c1-31-8-10-33(11-9-31)19-6-7-22(27-14-19)29-26-28-15-21-24(30-26)23(18-4-2-3-5-18)25(36-21)20-16-32(17-34)12-13-35-20/h6-7,14-15,17-18,20H,2-5,8-13,16H2,1H3,(H,27,28,29,30). The van der Waals surface area contributed by atoms with Crippen LogP contribution >= 0.6 is 11.3 Å². The Morgan fingerprint density at radius 3 is 2.67 bits per heavy atom. The number of morpholine rings is 1. The highest BCUT2D eigenvalue weighted by atomic mass is 32.1. The highest BCUT2D eigenvalue weighted by molar-refractivity contribution is 7.19. The molecule has 1 N–H and O–H groups in total. The number of aromatic nitrogens is 3. The monoisotopic (exact) mass is 507 g/mol. The highest BCUT2D eigenvalue weighted by Gasteiger charge is 2.32. The number of ether oxygens (including phenoxy) is 1. The predicted molar refractivity (Wildman–Crippen MR) is 142 cm³/mol. The molecule has 0 radical (unpaired) electrons. The van der Waals surface area contributed by atoms with Crippen molar-refractivity contribution in [2.45, 2.75) is 37.7 Å². The molecule has 5 heterocycles. The number of rotatable bonds is 6. The largest absolute Gasteiger partial charge is 0.369 e. The van der Waals surface area contributed by atoms with Crippen molar-refractivity contribution in [1.82, 2.24) is 24.8 Å². The summed E-state index contributed by atoms with van der Waals surface area (Å²) < 4.78 is 7.22. The lowest BCUT2D eigenvalue weighted by molar-refractivity contribution is -0.125. The van der Waals surface area contributed by atoms with E-state index in [0.29, 0.717) is 31.6 Å². The van der Waals surface area contributed by atoms with Crippen molar-refractivity contribution in [2.24, 2.45) is 0 Å². The Morgan fingerprint density at radius 2 is 1.92 bits per heavy atom. The number of carbonyl (C=O) groups is 1. The Balaban J connectivity index is 1.26. The zero-order valence-electron chi connectivity index (χ0n) is 20.7. The van der Waals surface area contributed by atoms with Gasteiger partial charge in [0.1, 0.15) is 11.9 Å². The number of fused-ring (bicyclic) bond motifs is 1. The van der Waals surface area contributed by atoms with Gasteiger partial charge in [-0.1, -0.05) is 12.8 Å².